The summed E-state index contributed by atoms with van der Waals surface area (Å²) < 4.78 is 2.65. The zero-order valence-electron chi connectivity index (χ0n) is 13.4. The first-order valence-corrected chi connectivity index (χ1v) is 9.00. The van der Waals surface area contributed by atoms with Crippen LogP contribution in [0.25, 0.3) is 42.7 Å². The van der Waals surface area contributed by atoms with Crippen molar-refractivity contribution in [3.8, 4) is 22.5 Å². The Morgan fingerprint density at radius 1 is 0.640 bits per heavy atom. The van der Waals surface area contributed by atoms with Gasteiger partial charge in [0.2, 0.25) is 0 Å². The molecule has 0 aliphatic heterocycles. The fourth-order valence-corrected chi connectivity index (χ4v) is 4.49. The molecule has 2 heterocycles. The maximum absolute atomic E-state index is 4.37. The lowest BCUT2D eigenvalue weighted by Gasteiger charge is -2.06. The normalized spacial score (nSPS) is 11.2. The van der Waals surface area contributed by atoms with Crippen LogP contribution in [0.1, 0.15) is 0 Å². The number of hydrogen-bond donors (Lipinski definition) is 0. The molecule has 3 heteroatoms. The van der Waals surface area contributed by atoms with Crippen LogP contribution in [-0.4, -0.2) is 9.97 Å². The summed E-state index contributed by atoms with van der Waals surface area (Å²) in [5.74, 6) is 0.757. The van der Waals surface area contributed by atoms with E-state index in [1.54, 1.807) is 12.4 Å². The molecule has 0 fully saturated rings. The molecule has 0 atom stereocenters. The molecule has 2 nitrogen and oxygen atoms in total. The Balaban J connectivity index is 1.74. The van der Waals surface area contributed by atoms with E-state index in [9.17, 15) is 0 Å². The van der Waals surface area contributed by atoms with Gasteiger partial charge in [0.1, 0.15) is 0 Å². The standard InChI is InChI=1S/C22H14N2S/c1-2-11-20-18(8-1)19-10-4-9-17(21(19)25-20)15-6-3-7-16(14-15)22-23-12-5-13-24-22/h1-14H. The second-order valence-corrected chi connectivity index (χ2v) is 6.99. The molecule has 0 N–H and O–H groups in total. The Labute approximate surface area is 149 Å². The van der Waals surface area contributed by atoms with Crippen LogP contribution in [0.5, 0.6) is 0 Å². The van der Waals surface area contributed by atoms with Gasteiger partial charge >= 0.3 is 0 Å². The zero-order chi connectivity index (χ0) is 16.6. The largest absolute Gasteiger partial charge is 0.237 e. The number of aromatic nitrogens is 2. The number of rotatable bonds is 2. The molecular formula is C22H14N2S. The first-order chi connectivity index (χ1) is 12.4. The van der Waals surface area contributed by atoms with Gasteiger partial charge in [-0.2, -0.15) is 0 Å². The van der Waals surface area contributed by atoms with E-state index in [4.69, 9.17) is 0 Å². The lowest BCUT2D eigenvalue weighted by Crippen LogP contribution is -1.87. The molecule has 0 amide bonds. The monoisotopic (exact) mass is 338 g/mol. The summed E-state index contributed by atoms with van der Waals surface area (Å²) >= 11 is 1.85. The van der Waals surface area contributed by atoms with Crippen molar-refractivity contribution in [1.29, 1.82) is 0 Å². The van der Waals surface area contributed by atoms with Crippen molar-refractivity contribution < 1.29 is 0 Å². The van der Waals surface area contributed by atoms with Crippen LogP contribution in [0, 0.1) is 0 Å². The maximum atomic E-state index is 4.37. The van der Waals surface area contributed by atoms with Crippen molar-refractivity contribution in [2.45, 2.75) is 0 Å². The smallest absolute Gasteiger partial charge is 0.159 e. The molecule has 25 heavy (non-hydrogen) atoms. The quantitative estimate of drug-likeness (QED) is 0.384. The number of fused-ring (bicyclic) bond motifs is 3. The number of thiophene rings is 1. The molecule has 0 radical (unpaired) electrons. The average Bonchev–Trinajstić information content (AvgIpc) is 3.07. The second kappa shape index (κ2) is 5.80. The number of benzene rings is 3. The van der Waals surface area contributed by atoms with Crippen molar-refractivity contribution in [2.24, 2.45) is 0 Å². The van der Waals surface area contributed by atoms with E-state index in [0.29, 0.717) is 0 Å². The average molecular weight is 338 g/mol. The Morgan fingerprint density at radius 3 is 2.32 bits per heavy atom. The summed E-state index contributed by atoms with van der Waals surface area (Å²) in [6, 6.07) is 25.5. The van der Waals surface area contributed by atoms with Crippen LogP contribution in [0.3, 0.4) is 0 Å². The van der Waals surface area contributed by atoms with Gasteiger partial charge in [-0.3, -0.25) is 0 Å². The van der Waals surface area contributed by atoms with Gasteiger partial charge in [0.25, 0.3) is 0 Å². The van der Waals surface area contributed by atoms with E-state index >= 15 is 0 Å². The molecule has 0 bridgehead atoms. The van der Waals surface area contributed by atoms with Gasteiger partial charge in [-0.1, -0.05) is 54.6 Å². The molecule has 0 spiro atoms. The van der Waals surface area contributed by atoms with E-state index in [0.717, 1.165) is 11.4 Å². The van der Waals surface area contributed by atoms with E-state index in [1.165, 1.54) is 31.3 Å². The first-order valence-electron chi connectivity index (χ1n) is 8.18. The van der Waals surface area contributed by atoms with Crippen LogP contribution in [0.2, 0.25) is 0 Å². The third-order valence-corrected chi connectivity index (χ3v) is 5.62. The van der Waals surface area contributed by atoms with Gasteiger partial charge in [0, 0.05) is 38.1 Å². The Hall–Kier alpha value is -3.04. The molecule has 0 aliphatic carbocycles. The Morgan fingerprint density at radius 2 is 1.40 bits per heavy atom. The molecule has 0 saturated carbocycles. The van der Waals surface area contributed by atoms with Crippen molar-refractivity contribution in [2.75, 3.05) is 0 Å². The van der Waals surface area contributed by atoms with Crippen molar-refractivity contribution >= 4 is 31.5 Å². The van der Waals surface area contributed by atoms with Gasteiger partial charge in [0.05, 0.1) is 0 Å². The highest BCUT2D eigenvalue weighted by Crippen LogP contribution is 2.40. The third kappa shape index (κ3) is 2.41. The van der Waals surface area contributed by atoms with Crippen LogP contribution in [0.15, 0.2) is 85.2 Å². The van der Waals surface area contributed by atoms with Crippen molar-refractivity contribution in [3.05, 3.63) is 85.2 Å². The van der Waals surface area contributed by atoms with Gasteiger partial charge in [0.15, 0.2) is 5.82 Å². The molecule has 5 aromatic rings. The molecule has 118 valence electrons. The molecule has 5 rings (SSSR count). The van der Waals surface area contributed by atoms with Crippen molar-refractivity contribution in [3.63, 3.8) is 0 Å². The summed E-state index contributed by atoms with van der Waals surface area (Å²) in [6.45, 7) is 0. The number of nitrogens with zero attached hydrogens (tertiary/aromatic N) is 2. The minimum atomic E-state index is 0.757. The molecule has 3 aromatic carbocycles. The summed E-state index contributed by atoms with van der Waals surface area (Å²) in [5.41, 5.74) is 3.50. The maximum Gasteiger partial charge on any atom is 0.159 e. The molecule has 0 unspecified atom stereocenters. The fraction of sp³-hybridized carbons (Fsp3) is 0. The van der Waals surface area contributed by atoms with E-state index in [1.807, 2.05) is 17.4 Å². The summed E-state index contributed by atoms with van der Waals surface area (Å²) in [5, 5.41) is 2.64. The van der Waals surface area contributed by atoms with Gasteiger partial charge in [-0.15, -0.1) is 11.3 Å². The van der Waals surface area contributed by atoms with Crippen LogP contribution >= 0.6 is 11.3 Å². The topological polar surface area (TPSA) is 25.8 Å². The third-order valence-electron chi connectivity index (χ3n) is 4.40. The Kier molecular flexibility index (Phi) is 3.32. The van der Waals surface area contributed by atoms with E-state index < -0.39 is 0 Å². The molecular weight excluding hydrogens is 324 g/mol. The lowest BCUT2D eigenvalue weighted by atomic mass is 10.0. The fourth-order valence-electron chi connectivity index (χ4n) is 3.25. The minimum Gasteiger partial charge on any atom is -0.237 e. The molecule has 2 aromatic heterocycles. The van der Waals surface area contributed by atoms with Gasteiger partial charge < -0.3 is 0 Å². The SMILES string of the molecule is c1cnc(-c2cccc(-c3cccc4c3sc3ccccc34)c2)nc1. The van der Waals surface area contributed by atoms with E-state index in [2.05, 4.69) is 76.7 Å². The number of hydrogen-bond acceptors (Lipinski definition) is 3. The summed E-state index contributed by atoms with van der Waals surface area (Å²) in [6.07, 6.45) is 3.56. The lowest BCUT2D eigenvalue weighted by molar-refractivity contribution is 1.18. The second-order valence-electron chi connectivity index (χ2n) is 5.93. The van der Waals surface area contributed by atoms with Crippen LogP contribution in [-0.2, 0) is 0 Å². The first kappa shape index (κ1) is 14.3. The predicted octanol–water partition coefficient (Wildman–Crippen LogP) is 6.18. The van der Waals surface area contributed by atoms with Gasteiger partial charge in [-0.05, 0) is 29.3 Å². The summed E-state index contributed by atoms with van der Waals surface area (Å²) in [4.78, 5) is 8.74. The predicted molar refractivity (Wildman–Crippen MR) is 106 cm³/mol. The highest BCUT2D eigenvalue weighted by molar-refractivity contribution is 7.26. The minimum absolute atomic E-state index is 0.757. The van der Waals surface area contributed by atoms with Crippen LogP contribution in [0.4, 0.5) is 0 Å². The Bertz CT molecular complexity index is 1190. The van der Waals surface area contributed by atoms with Gasteiger partial charge in [-0.25, -0.2) is 9.97 Å². The molecule has 0 aliphatic rings. The van der Waals surface area contributed by atoms with Crippen molar-refractivity contribution in [1.82, 2.24) is 9.97 Å². The van der Waals surface area contributed by atoms with E-state index in [-0.39, 0.29) is 0 Å². The zero-order valence-corrected chi connectivity index (χ0v) is 14.2. The molecule has 0 saturated heterocycles. The highest BCUT2D eigenvalue weighted by atomic mass is 32.1. The summed E-state index contributed by atoms with van der Waals surface area (Å²) in [7, 11) is 0. The van der Waals surface area contributed by atoms with Crippen LogP contribution < -0.4 is 0 Å². The highest BCUT2D eigenvalue weighted by Gasteiger charge is 2.11.